The zero-order valence-electron chi connectivity index (χ0n) is 14.7. The molecule has 1 aliphatic carbocycles. The quantitative estimate of drug-likeness (QED) is 0.604. The van der Waals surface area contributed by atoms with Crippen LogP contribution >= 0.6 is 0 Å². The van der Waals surface area contributed by atoms with Gasteiger partial charge < -0.3 is 5.11 Å². The second-order valence-electron chi connectivity index (χ2n) is 7.34. The Balaban J connectivity index is 2.87. The van der Waals surface area contributed by atoms with Gasteiger partial charge in [-0.05, 0) is 71.1 Å². The molecule has 0 aromatic carbocycles. The van der Waals surface area contributed by atoms with Gasteiger partial charge in [0.25, 0.3) is 0 Å². The van der Waals surface area contributed by atoms with Gasteiger partial charge in [-0.2, -0.15) is 0 Å². The minimum Gasteiger partial charge on any atom is -0.386 e. The van der Waals surface area contributed by atoms with Crippen LogP contribution in [0.1, 0.15) is 73.1 Å². The number of hydrogen-bond donors (Lipinski definition) is 1. The first-order valence-electron chi connectivity index (χ1n) is 8.53. The fraction of sp³-hybridized carbons (Fsp3) is 0.700. The van der Waals surface area contributed by atoms with Crippen LogP contribution in [0.4, 0.5) is 0 Å². The van der Waals surface area contributed by atoms with Gasteiger partial charge in [-0.3, -0.25) is 0 Å². The van der Waals surface area contributed by atoms with Crippen molar-refractivity contribution < 1.29 is 5.11 Å². The molecule has 0 spiro atoms. The van der Waals surface area contributed by atoms with Gasteiger partial charge in [-0.15, -0.1) is 0 Å². The lowest BCUT2D eigenvalue weighted by molar-refractivity contribution is 0.102. The summed E-state index contributed by atoms with van der Waals surface area (Å²) >= 11 is 0. The lowest BCUT2D eigenvalue weighted by atomic mass is 9.87. The van der Waals surface area contributed by atoms with E-state index in [0.29, 0.717) is 11.8 Å². The maximum absolute atomic E-state index is 10.5. The molecule has 2 atom stereocenters. The van der Waals surface area contributed by atoms with E-state index >= 15 is 0 Å². The first-order valence-corrected chi connectivity index (χ1v) is 8.53. The van der Waals surface area contributed by atoms with E-state index in [1.54, 1.807) is 0 Å². The monoisotopic (exact) mass is 290 g/mol. The summed E-state index contributed by atoms with van der Waals surface area (Å²) in [5.41, 5.74) is 2.26. The molecule has 0 aliphatic heterocycles. The third-order valence-corrected chi connectivity index (χ3v) is 4.61. The van der Waals surface area contributed by atoms with E-state index in [2.05, 4.69) is 45.9 Å². The molecular weight excluding hydrogens is 256 g/mol. The first kappa shape index (κ1) is 18.2. The SMILES string of the molecule is C/C1=C/CC[C@@](C)(O)C=C[C@H](C(C)C)CC/C(C)=C/CC1. The van der Waals surface area contributed by atoms with Crippen LogP contribution in [0.3, 0.4) is 0 Å². The van der Waals surface area contributed by atoms with Gasteiger partial charge in [0.05, 0.1) is 5.60 Å². The molecule has 0 aromatic rings. The lowest BCUT2D eigenvalue weighted by Gasteiger charge is -2.22. The van der Waals surface area contributed by atoms with Crippen LogP contribution in [-0.4, -0.2) is 10.7 Å². The van der Waals surface area contributed by atoms with Crippen molar-refractivity contribution in [1.82, 2.24) is 0 Å². The van der Waals surface area contributed by atoms with Crippen LogP contribution in [0.15, 0.2) is 35.5 Å². The Hall–Kier alpha value is -0.820. The van der Waals surface area contributed by atoms with Gasteiger partial charge in [-0.25, -0.2) is 0 Å². The van der Waals surface area contributed by atoms with Crippen molar-refractivity contribution in [2.24, 2.45) is 11.8 Å². The Kier molecular flexibility index (Phi) is 7.45. The van der Waals surface area contributed by atoms with Gasteiger partial charge in [0, 0.05) is 0 Å². The molecule has 0 bridgehead atoms. The van der Waals surface area contributed by atoms with Gasteiger partial charge in [0.1, 0.15) is 0 Å². The van der Waals surface area contributed by atoms with Crippen LogP contribution < -0.4 is 0 Å². The summed E-state index contributed by atoms with van der Waals surface area (Å²) in [5.74, 6) is 1.18. The lowest BCUT2D eigenvalue weighted by Crippen LogP contribution is -2.21. The molecule has 120 valence electrons. The average molecular weight is 290 g/mol. The minimum absolute atomic E-state index is 0.556. The third kappa shape index (κ3) is 7.66. The topological polar surface area (TPSA) is 20.2 Å². The Labute approximate surface area is 131 Å². The van der Waals surface area contributed by atoms with Crippen LogP contribution in [0.5, 0.6) is 0 Å². The van der Waals surface area contributed by atoms with Crippen LogP contribution in [0, 0.1) is 11.8 Å². The molecule has 1 heteroatoms. The zero-order valence-corrected chi connectivity index (χ0v) is 14.7. The zero-order chi connectivity index (χ0) is 15.9. The normalized spacial score (nSPS) is 34.7. The molecule has 0 amide bonds. The van der Waals surface area contributed by atoms with E-state index in [4.69, 9.17) is 0 Å². The van der Waals surface area contributed by atoms with Crippen LogP contribution in [0.25, 0.3) is 0 Å². The molecule has 0 saturated carbocycles. The van der Waals surface area contributed by atoms with E-state index in [1.165, 1.54) is 17.6 Å². The summed E-state index contributed by atoms with van der Waals surface area (Å²) in [5, 5.41) is 10.5. The highest BCUT2D eigenvalue weighted by atomic mass is 16.3. The molecule has 0 aromatic heterocycles. The number of allylic oxidation sites excluding steroid dienone is 5. The highest BCUT2D eigenvalue weighted by Crippen LogP contribution is 2.25. The average Bonchev–Trinajstić information content (AvgIpc) is 2.37. The van der Waals surface area contributed by atoms with Crippen molar-refractivity contribution in [3.8, 4) is 0 Å². The largest absolute Gasteiger partial charge is 0.386 e. The van der Waals surface area contributed by atoms with E-state index in [1.807, 2.05) is 13.0 Å². The third-order valence-electron chi connectivity index (χ3n) is 4.61. The smallest absolute Gasteiger partial charge is 0.0802 e. The van der Waals surface area contributed by atoms with Gasteiger partial charge >= 0.3 is 0 Å². The molecule has 0 fully saturated rings. The fourth-order valence-corrected chi connectivity index (χ4v) is 2.82. The Bertz CT molecular complexity index is 396. The van der Waals surface area contributed by atoms with Gasteiger partial charge in [0.15, 0.2) is 0 Å². The molecule has 0 heterocycles. The van der Waals surface area contributed by atoms with E-state index < -0.39 is 5.60 Å². The van der Waals surface area contributed by atoms with Crippen LogP contribution in [0.2, 0.25) is 0 Å². The molecule has 1 nitrogen and oxygen atoms in total. The molecule has 0 radical (unpaired) electrons. The number of hydrogen-bond acceptors (Lipinski definition) is 1. The standard InChI is InChI=1S/C20H34O/c1-16(2)19-12-11-18(4)9-6-8-17(3)10-7-14-20(5,21)15-13-19/h9-10,13,15-16,19,21H,6-8,11-12,14H2,1-5H3/b15-13?,17-10-,18-9+/t19-,20-/m1/s1. The van der Waals surface area contributed by atoms with Crippen molar-refractivity contribution in [2.75, 3.05) is 0 Å². The Morgan fingerprint density at radius 3 is 2.38 bits per heavy atom. The second kappa shape index (κ2) is 8.58. The number of aliphatic hydroxyl groups is 1. The fourth-order valence-electron chi connectivity index (χ4n) is 2.82. The highest BCUT2D eigenvalue weighted by Gasteiger charge is 2.17. The Morgan fingerprint density at radius 1 is 1.10 bits per heavy atom. The summed E-state index contributed by atoms with van der Waals surface area (Å²) in [4.78, 5) is 0. The predicted octanol–water partition coefficient (Wildman–Crippen LogP) is 5.81. The van der Waals surface area contributed by atoms with Gasteiger partial charge in [-0.1, -0.05) is 49.3 Å². The van der Waals surface area contributed by atoms with Gasteiger partial charge in [0.2, 0.25) is 0 Å². The highest BCUT2D eigenvalue weighted by molar-refractivity contribution is 5.08. The first-order chi connectivity index (χ1) is 9.80. The van der Waals surface area contributed by atoms with E-state index in [0.717, 1.165) is 32.1 Å². The summed E-state index contributed by atoms with van der Waals surface area (Å²) in [6, 6.07) is 0. The van der Waals surface area contributed by atoms with Crippen molar-refractivity contribution in [3.63, 3.8) is 0 Å². The predicted molar refractivity (Wildman–Crippen MR) is 93.3 cm³/mol. The summed E-state index contributed by atoms with van der Waals surface area (Å²) in [6.45, 7) is 10.9. The molecule has 1 aliphatic rings. The van der Waals surface area contributed by atoms with Crippen LogP contribution in [-0.2, 0) is 0 Å². The maximum atomic E-state index is 10.5. The van der Waals surface area contributed by atoms with Crippen molar-refractivity contribution in [1.29, 1.82) is 0 Å². The molecule has 0 unspecified atom stereocenters. The molecule has 21 heavy (non-hydrogen) atoms. The number of rotatable bonds is 1. The second-order valence-corrected chi connectivity index (χ2v) is 7.34. The maximum Gasteiger partial charge on any atom is 0.0802 e. The van der Waals surface area contributed by atoms with E-state index in [9.17, 15) is 5.11 Å². The van der Waals surface area contributed by atoms with Crippen molar-refractivity contribution >= 4 is 0 Å². The minimum atomic E-state index is -0.682. The van der Waals surface area contributed by atoms with Crippen molar-refractivity contribution in [2.45, 2.75) is 78.7 Å². The van der Waals surface area contributed by atoms with E-state index in [-0.39, 0.29) is 0 Å². The molecule has 0 saturated heterocycles. The summed E-state index contributed by atoms with van der Waals surface area (Å²) in [6.07, 6.45) is 15.4. The summed E-state index contributed by atoms with van der Waals surface area (Å²) in [7, 11) is 0. The Morgan fingerprint density at radius 2 is 1.71 bits per heavy atom. The molecule has 1 N–H and O–H groups in total. The molecule has 1 rings (SSSR count). The summed E-state index contributed by atoms with van der Waals surface area (Å²) < 4.78 is 0. The van der Waals surface area contributed by atoms with Crippen molar-refractivity contribution in [3.05, 3.63) is 35.5 Å². The molecular formula is C20H34O.